The highest BCUT2D eigenvalue weighted by Crippen LogP contribution is 2.31. The molecule has 0 aromatic heterocycles. The minimum atomic E-state index is -1.56. The molecule has 1 aliphatic heterocycles. The van der Waals surface area contributed by atoms with E-state index in [1.54, 1.807) is 0 Å². The molecule has 4 aromatic rings. The van der Waals surface area contributed by atoms with E-state index in [1.165, 1.54) is 0 Å². The number of hydrogen-bond acceptors (Lipinski definition) is 10. The zero-order valence-corrected chi connectivity index (χ0v) is 30.0. The van der Waals surface area contributed by atoms with Gasteiger partial charge in [-0.2, -0.15) is 0 Å². The number of nitrogens with one attached hydrogen (secondary N) is 2. The number of carbonyl (C=O) groups is 1. The molecule has 2 aliphatic rings. The summed E-state index contributed by atoms with van der Waals surface area (Å²) in [6, 6.07) is 37.2. The lowest BCUT2D eigenvalue weighted by Crippen LogP contribution is -2.67. The predicted octanol–water partition coefficient (Wildman–Crippen LogP) is 3.45. The van der Waals surface area contributed by atoms with Crippen molar-refractivity contribution >= 4 is 6.03 Å². The average Bonchev–Trinajstić information content (AvgIpc) is 3.21. The Labute approximate surface area is 315 Å². The van der Waals surface area contributed by atoms with Gasteiger partial charge in [0.25, 0.3) is 0 Å². The van der Waals surface area contributed by atoms with Crippen LogP contribution in [0.15, 0.2) is 121 Å². The second-order valence-corrected chi connectivity index (χ2v) is 13.8. The van der Waals surface area contributed by atoms with Gasteiger partial charge in [0, 0.05) is 12.5 Å². The topological polar surface area (TPSA) is 168 Å². The smallest absolute Gasteiger partial charge is 0.317 e. The molecule has 10 atom stereocenters. The Morgan fingerprint density at radius 2 is 1.06 bits per heavy atom. The molecule has 1 aliphatic carbocycles. The maximum Gasteiger partial charge on any atom is 0.317 e. The minimum absolute atomic E-state index is 0.0386. The molecule has 6 N–H and O–H groups in total. The van der Waals surface area contributed by atoms with E-state index in [2.05, 4.69) is 10.6 Å². The molecule has 2 amide bonds. The molecule has 4 aromatic carbocycles. The number of aliphatic hydroxyl groups is 4. The van der Waals surface area contributed by atoms with Crippen LogP contribution >= 0.6 is 0 Å². The summed E-state index contributed by atoms with van der Waals surface area (Å²) in [7, 11) is 0. The second kappa shape index (κ2) is 19.9. The van der Waals surface area contributed by atoms with Crippen LogP contribution in [-0.2, 0) is 50.1 Å². The van der Waals surface area contributed by atoms with Gasteiger partial charge in [-0.1, -0.05) is 121 Å². The first kappa shape index (κ1) is 39.5. The van der Waals surface area contributed by atoms with Gasteiger partial charge in [-0.15, -0.1) is 0 Å². The summed E-state index contributed by atoms with van der Waals surface area (Å²) in [6.07, 6.45) is -8.56. The molecule has 0 unspecified atom stereocenters. The summed E-state index contributed by atoms with van der Waals surface area (Å²) in [6.45, 7) is 0.613. The van der Waals surface area contributed by atoms with Crippen molar-refractivity contribution in [1.29, 1.82) is 0 Å². The third-order valence-corrected chi connectivity index (χ3v) is 9.86. The van der Waals surface area contributed by atoms with E-state index in [0.29, 0.717) is 6.61 Å². The Bertz CT molecular complexity index is 1670. The van der Waals surface area contributed by atoms with Gasteiger partial charge < -0.3 is 54.7 Å². The molecule has 288 valence electrons. The Kier molecular flexibility index (Phi) is 14.6. The largest absolute Gasteiger partial charge is 0.396 e. The van der Waals surface area contributed by atoms with Crippen LogP contribution in [0.2, 0.25) is 0 Å². The highest BCUT2D eigenvalue weighted by molar-refractivity contribution is 5.74. The third kappa shape index (κ3) is 10.7. The number of benzene rings is 4. The van der Waals surface area contributed by atoms with Gasteiger partial charge in [-0.3, -0.25) is 0 Å². The number of hydrogen-bond donors (Lipinski definition) is 6. The Hall–Kier alpha value is -4.21. The van der Waals surface area contributed by atoms with E-state index < -0.39 is 73.6 Å². The van der Waals surface area contributed by atoms with Gasteiger partial charge in [0.15, 0.2) is 6.23 Å². The predicted molar refractivity (Wildman–Crippen MR) is 198 cm³/mol. The summed E-state index contributed by atoms with van der Waals surface area (Å²) in [5, 5.41) is 46.9. The zero-order chi connectivity index (χ0) is 37.7. The van der Waals surface area contributed by atoms with Gasteiger partial charge in [-0.05, 0) is 28.7 Å². The van der Waals surface area contributed by atoms with Crippen molar-refractivity contribution in [2.75, 3.05) is 13.2 Å². The van der Waals surface area contributed by atoms with Crippen LogP contribution in [-0.4, -0.2) is 94.7 Å². The van der Waals surface area contributed by atoms with Crippen LogP contribution in [0.3, 0.4) is 0 Å². The van der Waals surface area contributed by atoms with Gasteiger partial charge in [0.05, 0.1) is 45.2 Å². The highest BCUT2D eigenvalue weighted by atomic mass is 16.6. The first-order chi connectivity index (χ1) is 26.4. The summed E-state index contributed by atoms with van der Waals surface area (Å²) < 4.78 is 32.8. The summed E-state index contributed by atoms with van der Waals surface area (Å²) in [5.41, 5.74) is 3.75. The molecule has 12 nitrogen and oxygen atoms in total. The first-order valence-corrected chi connectivity index (χ1v) is 18.4. The number of aliphatic hydroxyl groups excluding tert-OH is 4. The van der Waals surface area contributed by atoms with Gasteiger partial charge in [-0.25, -0.2) is 4.79 Å². The number of urea groups is 1. The Morgan fingerprint density at radius 3 is 1.56 bits per heavy atom. The lowest BCUT2D eigenvalue weighted by molar-refractivity contribution is -0.276. The fourth-order valence-corrected chi connectivity index (χ4v) is 6.90. The summed E-state index contributed by atoms with van der Waals surface area (Å²) in [5.74, 6) is -0.744. The third-order valence-electron chi connectivity index (χ3n) is 9.86. The number of amides is 2. The molecule has 2 fully saturated rings. The van der Waals surface area contributed by atoms with Crippen LogP contribution in [0.4, 0.5) is 4.79 Å². The van der Waals surface area contributed by atoms with Crippen LogP contribution in [0.1, 0.15) is 28.7 Å². The molecule has 0 radical (unpaired) electrons. The van der Waals surface area contributed by atoms with Crippen LogP contribution in [0.5, 0.6) is 0 Å². The van der Waals surface area contributed by atoms with E-state index in [4.69, 9.17) is 23.7 Å². The van der Waals surface area contributed by atoms with Crippen LogP contribution in [0.25, 0.3) is 0 Å². The highest BCUT2D eigenvalue weighted by Gasteiger charge is 2.50. The normalized spacial score (nSPS) is 28.3. The molecular weight excluding hydrogens is 692 g/mol. The van der Waals surface area contributed by atoms with E-state index in [0.717, 1.165) is 22.3 Å². The molecule has 1 saturated carbocycles. The second-order valence-electron chi connectivity index (χ2n) is 13.8. The molecule has 0 bridgehead atoms. The number of rotatable bonds is 16. The van der Waals surface area contributed by atoms with Crippen molar-refractivity contribution in [3.05, 3.63) is 144 Å². The Morgan fingerprint density at radius 1 is 0.593 bits per heavy atom. The fraction of sp³-hybridized carbons (Fsp3) is 0.405. The van der Waals surface area contributed by atoms with Gasteiger partial charge in [0.2, 0.25) is 0 Å². The minimum Gasteiger partial charge on any atom is -0.396 e. The van der Waals surface area contributed by atoms with Crippen molar-refractivity contribution in [2.45, 2.75) is 87.8 Å². The first-order valence-electron chi connectivity index (χ1n) is 18.4. The van der Waals surface area contributed by atoms with E-state index >= 15 is 0 Å². The Balaban J connectivity index is 1.29. The van der Waals surface area contributed by atoms with E-state index in [1.807, 2.05) is 121 Å². The van der Waals surface area contributed by atoms with Gasteiger partial charge in [0.1, 0.15) is 36.6 Å². The van der Waals surface area contributed by atoms with Crippen molar-refractivity contribution in [1.82, 2.24) is 10.6 Å². The number of ether oxygens (including phenoxy) is 5. The quantitative estimate of drug-likeness (QED) is 0.100. The summed E-state index contributed by atoms with van der Waals surface area (Å²) >= 11 is 0. The van der Waals surface area contributed by atoms with E-state index in [-0.39, 0.29) is 32.8 Å². The van der Waals surface area contributed by atoms with Crippen molar-refractivity contribution in [3.8, 4) is 0 Å². The standard InChI is InChI=1S/C42H50N2O10/c45-22-32-21-33(36(47)37(48)35(32)46)43-42(49)44-41-40(53-26-31-19-11-4-12-20-31)39(52-25-30-17-9-3-10-18-30)38(51-24-29-15-7-2-8-16-29)34(54-41)27-50-23-28-13-5-1-6-14-28/h1-20,32-41,45-48H,21-27H2,(H2,43,44,49)/t32-,33+,34-,35-,36+,37+,38-,39+,40-,41+/m1/s1. The van der Waals surface area contributed by atoms with Crippen LogP contribution < -0.4 is 10.6 Å². The maximum absolute atomic E-state index is 13.7. The SMILES string of the molecule is O=C(N[C@H]1C[C@H](CO)[C@@H](O)[C@H](O)[C@H]1O)N[C@H]1O[C@H](COCc2ccccc2)[C@@H](OCc2ccccc2)[C@H](OCc2ccccc2)[C@H]1OCc1ccccc1. The summed E-state index contributed by atoms with van der Waals surface area (Å²) in [4.78, 5) is 13.7. The van der Waals surface area contributed by atoms with Crippen LogP contribution in [0, 0.1) is 5.92 Å². The molecular formula is C42H50N2O10. The lowest BCUT2D eigenvalue weighted by Gasteiger charge is -2.46. The lowest BCUT2D eigenvalue weighted by atomic mass is 9.80. The fourth-order valence-electron chi connectivity index (χ4n) is 6.90. The molecule has 1 saturated heterocycles. The molecule has 54 heavy (non-hydrogen) atoms. The van der Waals surface area contributed by atoms with E-state index in [9.17, 15) is 25.2 Å². The molecule has 6 rings (SSSR count). The average molecular weight is 743 g/mol. The molecule has 1 heterocycles. The molecule has 0 spiro atoms. The van der Waals surface area contributed by atoms with Crippen molar-refractivity contribution in [2.24, 2.45) is 5.92 Å². The van der Waals surface area contributed by atoms with Crippen molar-refractivity contribution < 1.29 is 48.9 Å². The number of carbonyl (C=O) groups excluding carboxylic acids is 1. The van der Waals surface area contributed by atoms with Gasteiger partial charge >= 0.3 is 6.03 Å². The molecule has 12 heteroatoms. The monoisotopic (exact) mass is 742 g/mol. The zero-order valence-electron chi connectivity index (χ0n) is 30.0. The maximum atomic E-state index is 13.7. The van der Waals surface area contributed by atoms with Crippen molar-refractivity contribution in [3.63, 3.8) is 0 Å².